The Morgan fingerprint density at radius 3 is 2.24 bits per heavy atom. The molecule has 0 saturated carbocycles. The number of sulfone groups is 1. The Morgan fingerprint density at radius 2 is 1.55 bits per heavy atom. The Balaban J connectivity index is 1.16. The van der Waals surface area contributed by atoms with E-state index in [-0.39, 0.29) is 28.7 Å². The summed E-state index contributed by atoms with van der Waals surface area (Å²) >= 11 is 1.46. The third kappa shape index (κ3) is 5.20. The minimum atomic E-state index is -2.97. The molecule has 9 heteroatoms. The summed E-state index contributed by atoms with van der Waals surface area (Å²) in [5, 5.41) is 6.80. The van der Waals surface area contributed by atoms with Crippen LogP contribution in [0.1, 0.15) is 10.4 Å². The topological polar surface area (TPSA) is 96.9 Å². The van der Waals surface area contributed by atoms with Crippen LogP contribution < -0.4 is 15.4 Å². The maximum Gasteiger partial charge on any atom is 0.255 e. The Bertz CT molecular complexity index is 1290. The summed E-state index contributed by atoms with van der Waals surface area (Å²) in [6.07, 6.45) is 0. The summed E-state index contributed by atoms with van der Waals surface area (Å²) in [5.74, 6) is 1.51. The fourth-order valence-corrected chi connectivity index (χ4v) is 7.35. The molecule has 0 bridgehead atoms. The molecule has 2 atom stereocenters. The van der Waals surface area contributed by atoms with Crippen molar-refractivity contribution in [3.8, 4) is 11.5 Å². The van der Waals surface area contributed by atoms with Gasteiger partial charge in [-0.1, -0.05) is 30.0 Å². The molecule has 2 aliphatic rings. The highest BCUT2D eigenvalue weighted by molar-refractivity contribution is 8.15. The third-order valence-electron chi connectivity index (χ3n) is 5.31. The number of amidine groups is 1. The summed E-state index contributed by atoms with van der Waals surface area (Å²) < 4.78 is 29.1. The first-order chi connectivity index (χ1) is 15.9. The SMILES string of the molecule is O=C(Nc1ccc(Oc2ccccc2)cc1)c1ccc(NC2=N[C@H]3CS(=O)(=O)C[C@@H]3S2)cc1. The summed E-state index contributed by atoms with van der Waals surface area (Å²) in [5.41, 5.74) is 1.98. The van der Waals surface area contributed by atoms with Gasteiger partial charge in [-0.3, -0.25) is 9.79 Å². The van der Waals surface area contributed by atoms with Crippen LogP contribution in [0.3, 0.4) is 0 Å². The molecule has 2 N–H and O–H groups in total. The van der Waals surface area contributed by atoms with Crippen LogP contribution in [-0.4, -0.2) is 42.3 Å². The summed E-state index contributed by atoms with van der Waals surface area (Å²) in [7, 11) is -2.97. The largest absolute Gasteiger partial charge is 0.457 e. The van der Waals surface area contributed by atoms with Crippen LogP contribution in [0.5, 0.6) is 11.5 Å². The van der Waals surface area contributed by atoms with Crippen LogP contribution in [0.4, 0.5) is 11.4 Å². The minimum absolute atomic E-state index is 0.00738. The number of carbonyl (C=O) groups is 1. The van der Waals surface area contributed by atoms with Crippen molar-refractivity contribution in [3.63, 3.8) is 0 Å². The van der Waals surface area contributed by atoms with Gasteiger partial charge in [-0.05, 0) is 60.7 Å². The van der Waals surface area contributed by atoms with Crippen LogP contribution >= 0.6 is 11.8 Å². The van der Waals surface area contributed by atoms with Gasteiger partial charge >= 0.3 is 0 Å². The lowest BCUT2D eigenvalue weighted by molar-refractivity contribution is 0.102. The molecule has 2 aliphatic heterocycles. The fraction of sp³-hybridized carbons (Fsp3) is 0.167. The van der Waals surface area contributed by atoms with Gasteiger partial charge in [0.1, 0.15) is 11.5 Å². The Morgan fingerprint density at radius 1 is 0.879 bits per heavy atom. The van der Waals surface area contributed by atoms with Crippen molar-refractivity contribution in [2.45, 2.75) is 11.3 Å². The molecule has 3 aromatic rings. The lowest BCUT2D eigenvalue weighted by atomic mass is 10.2. The number of ether oxygens (including phenoxy) is 1. The molecule has 0 unspecified atom stereocenters. The molecule has 168 valence electrons. The second kappa shape index (κ2) is 8.92. The highest BCUT2D eigenvalue weighted by Crippen LogP contribution is 2.34. The average Bonchev–Trinajstić information content (AvgIpc) is 3.28. The number of para-hydroxylation sites is 1. The second-order valence-corrected chi connectivity index (χ2v) is 11.2. The van der Waals surface area contributed by atoms with E-state index in [0.717, 1.165) is 16.6 Å². The molecule has 1 saturated heterocycles. The van der Waals surface area contributed by atoms with Gasteiger partial charge in [-0.25, -0.2) is 8.42 Å². The van der Waals surface area contributed by atoms with Crippen molar-refractivity contribution in [3.05, 3.63) is 84.4 Å². The quantitative estimate of drug-likeness (QED) is 0.563. The first-order valence-corrected chi connectivity index (χ1v) is 13.1. The number of hydrogen-bond donors (Lipinski definition) is 2. The Labute approximate surface area is 196 Å². The molecule has 1 fully saturated rings. The van der Waals surface area contributed by atoms with E-state index < -0.39 is 9.84 Å². The highest BCUT2D eigenvalue weighted by Gasteiger charge is 2.42. The molecule has 0 aliphatic carbocycles. The molecule has 33 heavy (non-hydrogen) atoms. The van der Waals surface area contributed by atoms with Crippen molar-refractivity contribution in [2.24, 2.45) is 4.99 Å². The van der Waals surface area contributed by atoms with Crippen molar-refractivity contribution in [1.82, 2.24) is 0 Å². The highest BCUT2D eigenvalue weighted by atomic mass is 32.2. The molecule has 0 spiro atoms. The van der Waals surface area contributed by atoms with E-state index in [1.165, 1.54) is 11.8 Å². The van der Waals surface area contributed by atoms with Gasteiger partial charge in [0.2, 0.25) is 0 Å². The number of anilines is 2. The number of carbonyl (C=O) groups excluding carboxylic acids is 1. The first-order valence-electron chi connectivity index (χ1n) is 10.4. The number of hydrogen-bond acceptors (Lipinski definition) is 7. The molecule has 2 heterocycles. The first kappa shape index (κ1) is 21.5. The van der Waals surface area contributed by atoms with Crippen LogP contribution in [0.15, 0.2) is 83.9 Å². The smallest absolute Gasteiger partial charge is 0.255 e. The van der Waals surface area contributed by atoms with E-state index in [1.807, 2.05) is 30.3 Å². The van der Waals surface area contributed by atoms with Crippen LogP contribution in [0.25, 0.3) is 0 Å². The molecule has 7 nitrogen and oxygen atoms in total. The predicted molar refractivity (Wildman–Crippen MR) is 132 cm³/mol. The molecular weight excluding hydrogens is 458 g/mol. The van der Waals surface area contributed by atoms with Crippen molar-refractivity contribution < 1.29 is 17.9 Å². The van der Waals surface area contributed by atoms with Crippen LogP contribution in [-0.2, 0) is 9.84 Å². The second-order valence-electron chi connectivity index (χ2n) is 7.83. The molecule has 3 aromatic carbocycles. The van der Waals surface area contributed by atoms with Gasteiger partial charge in [-0.2, -0.15) is 0 Å². The van der Waals surface area contributed by atoms with Crippen LogP contribution in [0, 0.1) is 0 Å². The van der Waals surface area contributed by atoms with E-state index in [4.69, 9.17) is 4.74 Å². The van der Waals surface area contributed by atoms with Crippen molar-refractivity contribution >= 4 is 44.0 Å². The average molecular weight is 480 g/mol. The van der Waals surface area contributed by atoms with Gasteiger partial charge in [0.25, 0.3) is 5.91 Å². The van der Waals surface area contributed by atoms with Gasteiger partial charge in [0, 0.05) is 22.2 Å². The zero-order valence-corrected chi connectivity index (χ0v) is 19.1. The van der Waals surface area contributed by atoms with Gasteiger partial charge in [0.15, 0.2) is 15.0 Å². The normalized spacial score (nSPS) is 20.5. The summed E-state index contributed by atoms with van der Waals surface area (Å²) in [6.45, 7) is 0. The molecule has 1 amide bonds. The molecule has 5 rings (SSSR count). The van der Waals surface area contributed by atoms with E-state index in [1.54, 1.807) is 48.5 Å². The summed E-state index contributed by atoms with van der Waals surface area (Å²) in [6, 6.07) is 23.6. The Kier molecular flexibility index (Phi) is 5.82. The number of nitrogens with zero attached hydrogens (tertiary/aromatic N) is 1. The number of amides is 1. The van der Waals surface area contributed by atoms with E-state index in [9.17, 15) is 13.2 Å². The zero-order chi connectivity index (χ0) is 22.8. The lowest BCUT2D eigenvalue weighted by Gasteiger charge is -2.09. The maximum atomic E-state index is 12.6. The van der Waals surface area contributed by atoms with Gasteiger partial charge < -0.3 is 15.4 Å². The number of rotatable bonds is 5. The zero-order valence-electron chi connectivity index (χ0n) is 17.5. The molecular formula is C24H21N3O4S2. The van der Waals surface area contributed by atoms with E-state index >= 15 is 0 Å². The van der Waals surface area contributed by atoms with Crippen LogP contribution in [0.2, 0.25) is 0 Å². The van der Waals surface area contributed by atoms with E-state index in [0.29, 0.717) is 17.0 Å². The standard InChI is InChI=1S/C24H21N3O4S2/c28-23(25-17-10-12-20(13-11-17)31-19-4-2-1-3-5-19)16-6-8-18(9-7-16)26-24-27-21-14-33(29,30)15-22(21)32-24/h1-13,21-22H,14-15H2,(H,25,28)(H,26,27)/t21-,22-/m0/s1. The number of benzene rings is 3. The van der Waals surface area contributed by atoms with E-state index in [2.05, 4.69) is 15.6 Å². The summed E-state index contributed by atoms with van der Waals surface area (Å²) in [4.78, 5) is 17.1. The van der Waals surface area contributed by atoms with Crippen molar-refractivity contribution in [2.75, 3.05) is 22.1 Å². The lowest BCUT2D eigenvalue weighted by Crippen LogP contribution is -2.13. The van der Waals surface area contributed by atoms with Gasteiger partial charge in [-0.15, -0.1) is 0 Å². The number of nitrogens with one attached hydrogen (secondary N) is 2. The number of fused-ring (bicyclic) bond motifs is 1. The molecule has 0 aromatic heterocycles. The monoisotopic (exact) mass is 479 g/mol. The molecule has 0 radical (unpaired) electrons. The predicted octanol–water partition coefficient (Wildman–Crippen LogP) is 4.41. The third-order valence-corrected chi connectivity index (χ3v) is 8.45. The number of aliphatic imine (C=N–C) groups is 1. The fourth-order valence-electron chi connectivity index (χ4n) is 3.68. The number of thioether (sulfide) groups is 1. The minimum Gasteiger partial charge on any atom is -0.457 e. The van der Waals surface area contributed by atoms with Gasteiger partial charge in [0.05, 0.1) is 17.5 Å². The van der Waals surface area contributed by atoms with Crippen molar-refractivity contribution in [1.29, 1.82) is 0 Å². The maximum absolute atomic E-state index is 12.6. The Hall–Kier alpha value is -3.30.